The van der Waals surface area contributed by atoms with Crippen LogP contribution in [0.1, 0.15) is 99.8 Å². The number of rotatable bonds is 10. The highest BCUT2D eigenvalue weighted by Gasteiger charge is 2.74. The van der Waals surface area contributed by atoms with E-state index in [9.17, 15) is 76.3 Å². The van der Waals surface area contributed by atoms with Crippen molar-refractivity contribution in [3.05, 3.63) is 11.6 Å². The number of aliphatic hydroxyl groups excluding tert-OH is 13. The SMILES string of the molecule is C[C@@H]1O[C@@H](O[C@H]2[C@H](OC(=O)[C@]34CCC(C)(C)C[C@H]3C3=CC[C@@H]5[C@@]6(C)C[C@H](O)[C@H](O[C@@H]7O[C@H](CO)[C@@H](O)[C@H](O)[C@H]7O)[C@@](C)(C(=O)O)[C@@H]6CC[C@@]5(C)[C@]3(C)C[C@H]4O)OC[C@H](O)[C@@H]2O)[C@H](O)[C@H](O)[C@H]1O[C@@H]1OC[C@@H](O)[C@H](O)[C@H]1O. The third-order valence-electron chi connectivity index (χ3n) is 20.7. The first kappa shape index (κ1) is 58.5. The standard InChI is InChI=1S/C52H82O24/c1-20-38(73-41-35(63)30(58)24(55)18-69-41)34(62)37(65)42(71-20)74-39-31(59)25(56)19-70-44(39)76-46(68)52-13-12-47(2,3)14-22(52)21-8-9-27-48(4)15-23(54)40(75-43-36(64)33(61)32(60)26(17-53)72-43)51(7,45(66)67)28(48)10-11-49(27,5)50(21,6)16-29(52)57/h8,20,22-44,53-65H,9-19H2,1-7H3,(H,66,67)/t20-,22-,23-,24+,25-,26+,27+,28+,29+,30-,31-,32+,33-,34-,35+,36+,37+,38-,39+,40-,41-,42-,43-,44-,48+,49+,50+,51-,52+/m0/s1. The van der Waals surface area contributed by atoms with Gasteiger partial charge in [0.25, 0.3) is 0 Å². The molecule has 24 heteroatoms. The molecule has 0 aromatic carbocycles. The van der Waals surface area contributed by atoms with Crippen LogP contribution in [-0.2, 0) is 47.5 Å². The Bertz CT molecular complexity index is 2170. The Kier molecular flexibility index (Phi) is 15.9. The van der Waals surface area contributed by atoms with Crippen LogP contribution in [0.3, 0.4) is 0 Å². The highest BCUT2D eigenvalue weighted by atomic mass is 16.8. The van der Waals surface area contributed by atoms with Crippen LogP contribution in [0.25, 0.3) is 0 Å². The Balaban J connectivity index is 0.972. The normalized spacial score (nSPS) is 55.2. The molecule has 8 fully saturated rings. The number of carbonyl (C=O) groups is 2. The summed E-state index contributed by atoms with van der Waals surface area (Å²) in [5.41, 5.74) is -5.08. The number of carboxylic acids is 1. The fourth-order valence-corrected chi connectivity index (χ4v) is 16.1. The Morgan fingerprint density at radius 1 is 0.632 bits per heavy atom. The monoisotopic (exact) mass is 1090 g/mol. The second-order valence-electron chi connectivity index (χ2n) is 25.4. The number of allylic oxidation sites excluding steroid dienone is 2. The number of carboxylic acid groups (broad SMARTS) is 1. The van der Waals surface area contributed by atoms with E-state index in [0.717, 1.165) is 5.57 Å². The van der Waals surface area contributed by atoms with Crippen LogP contribution < -0.4 is 0 Å². The van der Waals surface area contributed by atoms with Gasteiger partial charge >= 0.3 is 11.9 Å². The fourth-order valence-electron chi connectivity index (χ4n) is 16.1. The van der Waals surface area contributed by atoms with Crippen LogP contribution in [-0.4, -0.2) is 232 Å². The van der Waals surface area contributed by atoms with E-state index in [4.69, 9.17) is 37.9 Å². The van der Waals surface area contributed by atoms with Crippen molar-refractivity contribution in [1.82, 2.24) is 0 Å². The van der Waals surface area contributed by atoms with Crippen LogP contribution in [0.4, 0.5) is 0 Å². The summed E-state index contributed by atoms with van der Waals surface area (Å²) in [7, 11) is 0. The molecule has 0 unspecified atom stereocenters. The molecule has 9 aliphatic rings. The smallest absolute Gasteiger partial charge is 0.317 e. The summed E-state index contributed by atoms with van der Waals surface area (Å²) in [6, 6.07) is 0. The van der Waals surface area contributed by atoms with Crippen molar-refractivity contribution >= 4 is 11.9 Å². The topological polar surface area (TPSA) is 391 Å². The van der Waals surface area contributed by atoms with Gasteiger partial charge in [-0.3, -0.25) is 9.59 Å². The van der Waals surface area contributed by atoms with Gasteiger partial charge in [0.1, 0.15) is 84.8 Å². The summed E-state index contributed by atoms with van der Waals surface area (Å²) >= 11 is 0. The van der Waals surface area contributed by atoms with Crippen LogP contribution in [0, 0.1) is 50.2 Å². The number of aliphatic carboxylic acids is 1. The minimum absolute atomic E-state index is 0.0636. The molecule has 5 aliphatic carbocycles. The molecule has 9 rings (SSSR count). The molecule has 4 saturated carbocycles. The molecule has 24 nitrogen and oxygen atoms in total. The zero-order valence-corrected chi connectivity index (χ0v) is 44.1. The van der Waals surface area contributed by atoms with Crippen molar-refractivity contribution in [3.8, 4) is 0 Å². The van der Waals surface area contributed by atoms with Gasteiger partial charge in [0.15, 0.2) is 25.0 Å². The van der Waals surface area contributed by atoms with Crippen molar-refractivity contribution in [2.45, 2.75) is 229 Å². The maximum absolute atomic E-state index is 15.3. The molecule has 0 spiro atoms. The molecular weight excluding hydrogens is 1010 g/mol. The molecule has 0 aromatic rings. The first-order valence-corrected chi connectivity index (χ1v) is 26.9. The van der Waals surface area contributed by atoms with Gasteiger partial charge in [-0.05, 0) is 105 Å². The van der Waals surface area contributed by atoms with E-state index in [0.29, 0.717) is 32.1 Å². The highest BCUT2D eigenvalue weighted by Crippen LogP contribution is 2.76. The lowest BCUT2D eigenvalue weighted by atomic mass is 9.33. The average Bonchev–Trinajstić information content (AvgIpc) is 3.55. The van der Waals surface area contributed by atoms with Gasteiger partial charge in [-0.2, -0.15) is 0 Å². The maximum atomic E-state index is 15.3. The first-order valence-electron chi connectivity index (χ1n) is 26.9. The number of ether oxygens (including phenoxy) is 8. The predicted molar refractivity (Wildman–Crippen MR) is 254 cm³/mol. The molecule has 0 amide bonds. The minimum atomic E-state index is -1.91. The van der Waals surface area contributed by atoms with Gasteiger partial charge in [0.05, 0.1) is 43.5 Å². The number of carbonyl (C=O) groups excluding carboxylic acids is 1. The van der Waals surface area contributed by atoms with Crippen molar-refractivity contribution in [2.75, 3.05) is 19.8 Å². The van der Waals surface area contributed by atoms with Gasteiger partial charge in [0, 0.05) is 0 Å². The first-order chi connectivity index (χ1) is 35.4. The molecule has 0 radical (unpaired) electrons. The van der Waals surface area contributed by atoms with E-state index >= 15 is 4.79 Å². The van der Waals surface area contributed by atoms with E-state index in [1.165, 1.54) is 13.8 Å². The number of fused-ring (bicyclic) bond motifs is 7. The van der Waals surface area contributed by atoms with Crippen molar-refractivity contribution in [3.63, 3.8) is 0 Å². The third kappa shape index (κ3) is 9.04. The quantitative estimate of drug-likeness (QED) is 0.0600. The van der Waals surface area contributed by atoms with Gasteiger partial charge in [-0.1, -0.05) is 46.3 Å². The van der Waals surface area contributed by atoms with Crippen molar-refractivity contribution in [2.24, 2.45) is 50.2 Å². The van der Waals surface area contributed by atoms with E-state index in [1.54, 1.807) is 0 Å². The number of aliphatic hydroxyl groups is 13. The predicted octanol–water partition coefficient (Wildman–Crippen LogP) is -2.72. The lowest BCUT2D eigenvalue weighted by molar-refractivity contribution is -0.369. The fraction of sp³-hybridized carbons (Fsp3) is 0.923. The largest absolute Gasteiger partial charge is 0.481 e. The van der Waals surface area contributed by atoms with Crippen molar-refractivity contribution < 1.29 is 119 Å². The molecule has 0 bridgehead atoms. The average molecular weight is 1090 g/mol. The lowest BCUT2D eigenvalue weighted by Gasteiger charge is -2.71. The van der Waals surface area contributed by atoms with Gasteiger partial charge < -0.3 is 109 Å². The number of hydrogen-bond donors (Lipinski definition) is 14. The molecule has 4 aliphatic heterocycles. The van der Waals surface area contributed by atoms with E-state index in [2.05, 4.69) is 33.8 Å². The summed E-state index contributed by atoms with van der Waals surface area (Å²) in [6.45, 7) is 11.7. The molecule has 4 saturated heterocycles. The third-order valence-corrected chi connectivity index (χ3v) is 20.7. The summed E-state index contributed by atoms with van der Waals surface area (Å²) < 4.78 is 46.8. The molecule has 29 atom stereocenters. The summed E-state index contributed by atoms with van der Waals surface area (Å²) in [5.74, 6) is -3.63. The Hall–Kier alpha value is -2.12. The van der Waals surface area contributed by atoms with Crippen LogP contribution in [0.5, 0.6) is 0 Å². The Morgan fingerprint density at radius 3 is 1.89 bits per heavy atom. The van der Waals surface area contributed by atoms with E-state index in [-0.39, 0.29) is 30.6 Å². The minimum Gasteiger partial charge on any atom is -0.481 e. The molecule has 4 heterocycles. The molecule has 434 valence electrons. The van der Waals surface area contributed by atoms with Crippen LogP contribution in [0.2, 0.25) is 0 Å². The van der Waals surface area contributed by atoms with Crippen LogP contribution >= 0.6 is 0 Å². The van der Waals surface area contributed by atoms with Gasteiger partial charge in [-0.15, -0.1) is 0 Å². The second-order valence-corrected chi connectivity index (χ2v) is 25.4. The van der Waals surface area contributed by atoms with E-state index < -0.39 is 200 Å². The highest BCUT2D eigenvalue weighted by molar-refractivity contribution is 5.80. The van der Waals surface area contributed by atoms with E-state index in [1.807, 2.05) is 6.92 Å². The summed E-state index contributed by atoms with van der Waals surface area (Å²) in [5, 5.41) is 153. The lowest BCUT2D eigenvalue weighted by Crippen LogP contribution is -2.71. The van der Waals surface area contributed by atoms with Crippen LogP contribution in [0.15, 0.2) is 11.6 Å². The van der Waals surface area contributed by atoms with Crippen molar-refractivity contribution in [1.29, 1.82) is 0 Å². The van der Waals surface area contributed by atoms with Gasteiger partial charge in [-0.25, -0.2) is 0 Å². The zero-order chi connectivity index (χ0) is 55.7. The maximum Gasteiger partial charge on any atom is 0.317 e. The summed E-state index contributed by atoms with van der Waals surface area (Å²) in [6.07, 6.45) is -29.0. The number of hydrogen-bond acceptors (Lipinski definition) is 23. The zero-order valence-electron chi connectivity index (χ0n) is 44.1. The number of esters is 1. The Morgan fingerprint density at radius 2 is 1.24 bits per heavy atom. The molecule has 76 heavy (non-hydrogen) atoms. The second kappa shape index (κ2) is 20.7. The molecule has 14 N–H and O–H groups in total. The molecular formula is C52H82O24. The molecule has 0 aromatic heterocycles. The van der Waals surface area contributed by atoms with Gasteiger partial charge in [0.2, 0.25) is 6.29 Å². The summed E-state index contributed by atoms with van der Waals surface area (Å²) in [4.78, 5) is 29.0. The Labute approximate surface area is 440 Å².